The summed E-state index contributed by atoms with van der Waals surface area (Å²) in [6.45, 7) is 0.233. The van der Waals surface area contributed by atoms with Gasteiger partial charge in [-0.2, -0.15) is 0 Å². The summed E-state index contributed by atoms with van der Waals surface area (Å²) in [5, 5.41) is 0. The number of carbonyl (C=O) groups excluding carboxylic acids is 1. The second kappa shape index (κ2) is 8.49. The van der Waals surface area contributed by atoms with Crippen LogP contribution < -0.4 is 5.73 Å². The third-order valence-electron chi connectivity index (χ3n) is 4.39. The van der Waals surface area contributed by atoms with E-state index in [-0.39, 0.29) is 13.3 Å². The van der Waals surface area contributed by atoms with Gasteiger partial charge in [0.2, 0.25) is 0 Å². The number of fused-ring (bicyclic) bond motifs is 1. The van der Waals surface area contributed by atoms with Crippen molar-refractivity contribution in [3.63, 3.8) is 0 Å². The van der Waals surface area contributed by atoms with Crippen LogP contribution in [0.2, 0.25) is 0 Å². The van der Waals surface area contributed by atoms with Gasteiger partial charge in [-0.15, -0.1) is 0 Å². The normalized spacial score (nSPS) is 12.0. The third-order valence-corrected chi connectivity index (χ3v) is 4.39. The lowest BCUT2D eigenvalue weighted by Crippen LogP contribution is -2.17. The maximum atomic E-state index is 12.3. The molecule has 0 aliphatic rings. The number of nitrogens with zero attached hydrogens (tertiary/aromatic N) is 4. The number of anilines is 1. The largest absolute Gasteiger partial charge is 0.459 e. The second-order valence-electron chi connectivity index (χ2n) is 6.31. The highest BCUT2D eigenvalue weighted by atomic mass is 16.6. The Morgan fingerprint density at radius 2 is 1.72 bits per heavy atom. The zero-order chi connectivity index (χ0) is 20.1. The van der Waals surface area contributed by atoms with Crippen LogP contribution >= 0.6 is 0 Å². The molecule has 1 atom stereocenters. The first-order chi connectivity index (χ1) is 14.2. The number of nitrogens with two attached hydrogens (primary N) is 1. The summed E-state index contributed by atoms with van der Waals surface area (Å²) in [5.74, 6) is -0.0890. The van der Waals surface area contributed by atoms with Crippen molar-refractivity contribution in [2.75, 3.05) is 12.3 Å². The molecule has 0 aliphatic heterocycles. The molecule has 2 N–H and O–H groups in total. The molecule has 2 aromatic carbocycles. The molecule has 29 heavy (non-hydrogen) atoms. The van der Waals surface area contributed by atoms with E-state index in [1.54, 1.807) is 35.2 Å². The van der Waals surface area contributed by atoms with Crippen LogP contribution in [0.5, 0.6) is 0 Å². The summed E-state index contributed by atoms with van der Waals surface area (Å²) < 4.78 is 13.3. The van der Waals surface area contributed by atoms with Gasteiger partial charge in [-0.1, -0.05) is 48.5 Å². The van der Waals surface area contributed by atoms with Gasteiger partial charge >= 0.3 is 5.97 Å². The summed E-state index contributed by atoms with van der Waals surface area (Å²) in [7, 11) is 0. The molecule has 0 amide bonds. The smallest absolute Gasteiger partial charge is 0.338 e. The van der Waals surface area contributed by atoms with E-state index in [9.17, 15) is 4.79 Å². The Hall–Kier alpha value is -3.78. The van der Waals surface area contributed by atoms with Crippen molar-refractivity contribution in [2.45, 2.75) is 12.8 Å². The van der Waals surface area contributed by atoms with Crippen molar-refractivity contribution >= 4 is 23.0 Å². The van der Waals surface area contributed by atoms with Crippen LogP contribution in [0.25, 0.3) is 11.2 Å². The quantitative estimate of drug-likeness (QED) is 0.484. The fraction of sp³-hybridized carbons (Fsp3) is 0.143. The molecular weight excluding hydrogens is 370 g/mol. The molecule has 0 spiro atoms. The molecule has 8 heteroatoms. The fourth-order valence-corrected chi connectivity index (χ4v) is 2.88. The predicted octanol–water partition coefficient (Wildman–Crippen LogP) is 2.98. The molecule has 0 fully saturated rings. The maximum absolute atomic E-state index is 12.3. The van der Waals surface area contributed by atoms with Crippen molar-refractivity contribution in [1.29, 1.82) is 0 Å². The first-order valence-corrected chi connectivity index (χ1v) is 9.02. The van der Waals surface area contributed by atoms with Crippen LogP contribution in [-0.2, 0) is 16.2 Å². The average Bonchev–Trinajstić information content (AvgIpc) is 3.19. The van der Waals surface area contributed by atoms with Gasteiger partial charge in [0, 0.05) is 0 Å². The van der Waals surface area contributed by atoms with Crippen molar-refractivity contribution in [2.24, 2.45) is 0 Å². The van der Waals surface area contributed by atoms with E-state index in [1.165, 1.54) is 6.33 Å². The molecule has 0 bridgehead atoms. The lowest BCUT2D eigenvalue weighted by Gasteiger charge is -2.19. The highest BCUT2D eigenvalue weighted by Crippen LogP contribution is 2.21. The number of hydrogen-bond acceptors (Lipinski definition) is 7. The summed E-state index contributed by atoms with van der Waals surface area (Å²) >= 11 is 0. The number of ether oxygens (including phenoxy) is 2. The molecule has 0 unspecified atom stereocenters. The lowest BCUT2D eigenvalue weighted by molar-refractivity contribution is -0.0353. The van der Waals surface area contributed by atoms with E-state index in [4.69, 9.17) is 15.2 Å². The Labute approximate surface area is 166 Å². The van der Waals surface area contributed by atoms with Gasteiger partial charge in [-0.25, -0.2) is 19.7 Å². The molecule has 4 rings (SSSR count). The molecule has 0 aliphatic carbocycles. The van der Waals surface area contributed by atoms with Gasteiger partial charge in [0.05, 0.1) is 11.9 Å². The molecule has 0 radical (unpaired) electrons. The number of esters is 1. The van der Waals surface area contributed by atoms with E-state index in [0.717, 1.165) is 5.56 Å². The van der Waals surface area contributed by atoms with Gasteiger partial charge in [0.25, 0.3) is 0 Å². The van der Waals surface area contributed by atoms with E-state index >= 15 is 0 Å². The van der Waals surface area contributed by atoms with Gasteiger partial charge < -0.3 is 15.2 Å². The summed E-state index contributed by atoms with van der Waals surface area (Å²) in [6.07, 6.45) is 2.51. The topological polar surface area (TPSA) is 105 Å². The lowest BCUT2D eigenvalue weighted by atomic mass is 10.1. The van der Waals surface area contributed by atoms with Gasteiger partial charge in [0.1, 0.15) is 31.3 Å². The van der Waals surface area contributed by atoms with Crippen LogP contribution in [0, 0.1) is 0 Å². The van der Waals surface area contributed by atoms with Gasteiger partial charge in [0.15, 0.2) is 11.5 Å². The van der Waals surface area contributed by atoms with Crippen molar-refractivity contribution < 1.29 is 14.3 Å². The minimum Gasteiger partial charge on any atom is -0.459 e. The minimum atomic E-state index is -0.458. The van der Waals surface area contributed by atoms with Crippen LogP contribution in [-0.4, -0.2) is 32.1 Å². The summed E-state index contributed by atoms with van der Waals surface area (Å²) in [4.78, 5) is 24.7. The Morgan fingerprint density at radius 1 is 1.00 bits per heavy atom. The summed E-state index contributed by atoms with van der Waals surface area (Å²) in [6, 6.07) is 18.4. The third kappa shape index (κ3) is 4.22. The van der Waals surface area contributed by atoms with Crippen LogP contribution in [0.15, 0.2) is 73.3 Å². The Bertz CT molecular complexity index is 1100. The molecular formula is C21H19N5O3. The van der Waals surface area contributed by atoms with Gasteiger partial charge in [-0.3, -0.25) is 4.57 Å². The Morgan fingerprint density at radius 3 is 2.48 bits per heavy atom. The molecule has 8 nitrogen and oxygen atoms in total. The summed E-state index contributed by atoms with van der Waals surface area (Å²) in [5.41, 5.74) is 8.31. The number of carbonyl (C=O) groups is 1. The minimum absolute atomic E-state index is 0.0709. The van der Waals surface area contributed by atoms with Crippen molar-refractivity contribution in [1.82, 2.24) is 19.5 Å². The number of hydrogen-bond donors (Lipinski definition) is 1. The fourth-order valence-electron chi connectivity index (χ4n) is 2.88. The highest BCUT2D eigenvalue weighted by Gasteiger charge is 2.17. The van der Waals surface area contributed by atoms with Crippen LogP contribution in [0.1, 0.15) is 22.0 Å². The number of aromatic nitrogens is 4. The van der Waals surface area contributed by atoms with Gasteiger partial charge in [-0.05, 0) is 17.7 Å². The SMILES string of the molecule is Nc1ncnc2c1ncn2CO[C@H](COC(=O)c1ccccc1)c1ccccc1. The van der Waals surface area contributed by atoms with E-state index in [0.29, 0.717) is 22.5 Å². The monoisotopic (exact) mass is 389 g/mol. The molecule has 2 aromatic heterocycles. The molecule has 0 saturated heterocycles. The predicted molar refractivity (Wildman–Crippen MR) is 107 cm³/mol. The number of imidazole rings is 1. The highest BCUT2D eigenvalue weighted by molar-refractivity contribution is 5.89. The maximum Gasteiger partial charge on any atom is 0.338 e. The second-order valence-corrected chi connectivity index (χ2v) is 6.31. The number of rotatable bonds is 7. The van der Waals surface area contributed by atoms with Crippen LogP contribution in [0.3, 0.4) is 0 Å². The Balaban J connectivity index is 1.49. The molecule has 0 saturated carbocycles. The van der Waals surface area contributed by atoms with E-state index in [2.05, 4.69) is 15.0 Å². The van der Waals surface area contributed by atoms with Crippen molar-refractivity contribution in [3.8, 4) is 0 Å². The van der Waals surface area contributed by atoms with E-state index < -0.39 is 12.1 Å². The zero-order valence-electron chi connectivity index (χ0n) is 15.5. The first kappa shape index (κ1) is 18.6. The average molecular weight is 389 g/mol. The van der Waals surface area contributed by atoms with E-state index in [1.807, 2.05) is 36.4 Å². The Kier molecular flexibility index (Phi) is 5.44. The number of nitrogen functional groups attached to an aromatic ring is 1. The van der Waals surface area contributed by atoms with Crippen LogP contribution in [0.4, 0.5) is 5.82 Å². The standard InChI is InChI=1S/C21H19N5O3/c22-19-18-20(24-12-23-19)26(13-25-18)14-29-17(15-7-3-1-4-8-15)11-28-21(27)16-9-5-2-6-10-16/h1-10,12-13,17H,11,14H2,(H2,22,23,24)/t17-/m1/s1. The molecule has 2 heterocycles. The van der Waals surface area contributed by atoms with Crippen molar-refractivity contribution in [3.05, 3.63) is 84.4 Å². The number of benzene rings is 2. The first-order valence-electron chi connectivity index (χ1n) is 9.02. The molecule has 146 valence electrons. The molecule has 4 aromatic rings. The zero-order valence-corrected chi connectivity index (χ0v) is 15.5.